The summed E-state index contributed by atoms with van der Waals surface area (Å²) < 4.78 is 0. The molecule has 2 saturated heterocycles. The first-order valence-electron chi connectivity index (χ1n) is 6.21. The van der Waals surface area contributed by atoms with Crippen LogP contribution in [-0.2, 0) is 4.79 Å². The summed E-state index contributed by atoms with van der Waals surface area (Å²) >= 11 is 0. The molecule has 0 aromatic heterocycles. The molecule has 0 radical (unpaired) electrons. The van der Waals surface area contributed by atoms with Crippen molar-refractivity contribution in [1.82, 2.24) is 10.2 Å². The van der Waals surface area contributed by atoms with Crippen molar-refractivity contribution >= 4 is 5.91 Å². The number of piperidine rings is 1. The Morgan fingerprint density at radius 2 is 2.00 bits per heavy atom. The smallest absolute Gasteiger partial charge is 0.225 e. The quantitative estimate of drug-likeness (QED) is 0.708. The highest BCUT2D eigenvalue weighted by atomic mass is 16.3. The summed E-state index contributed by atoms with van der Waals surface area (Å²) in [6, 6.07) is 0. The van der Waals surface area contributed by atoms with Gasteiger partial charge in [0, 0.05) is 19.0 Å². The first-order valence-corrected chi connectivity index (χ1v) is 6.21. The van der Waals surface area contributed by atoms with E-state index in [2.05, 4.69) is 5.32 Å². The Bertz CT molecular complexity index is 264. The van der Waals surface area contributed by atoms with Gasteiger partial charge in [0.1, 0.15) is 0 Å². The summed E-state index contributed by atoms with van der Waals surface area (Å²) in [4.78, 5) is 14.1. The van der Waals surface area contributed by atoms with E-state index in [1.807, 2.05) is 18.7 Å². The molecule has 4 heteroatoms. The van der Waals surface area contributed by atoms with Gasteiger partial charge in [-0.25, -0.2) is 0 Å². The molecule has 1 amide bonds. The van der Waals surface area contributed by atoms with Gasteiger partial charge in [0.15, 0.2) is 0 Å². The number of carbonyl (C=O) groups is 1. The lowest BCUT2D eigenvalue weighted by Crippen LogP contribution is -2.53. The monoisotopic (exact) mass is 226 g/mol. The van der Waals surface area contributed by atoms with Crippen LogP contribution in [0, 0.1) is 11.8 Å². The Labute approximate surface area is 97.0 Å². The van der Waals surface area contributed by atoms with Gasteiger partial charge in [-0.05, 0) is 38.8 Å². The van der Waals surface area contributed by atoms with E-state index in [9.17, 15) is 9.90 Å². The SMILES string of the molecule is CC(C(=O)N1CCC(C)(O)CC1)C1CNC1. The molecule has 2 fully saturated rings. The van der Waals surface area contributed by atoms with Crippen LogP contribution in [0.25, 0.3) is 0 Å². The first kappa shape index (κ1) is 11.9. The highest BCUT2D eigenvalue weighted by Gasteiger charge is 2.35. The number of rotatable bonds is 2. The van der Waals surface area contributed by atoms with Gasteiger partial charge in [-0.15, -0.1) is 0 Å². The van der Waals surface area contributed by atoms with E-state index in [1.165, 1.54) is 0 Å². The predicted octanol–water partition coefficient (Wildman–Crippen LogP) is 0.215. The van der Waals surface area contributed by atoms with Crippen LogP contribution >= 0.6 is 0 Å². The summed E-state index contributed by atoms with van der Waals surface area (Å²) in [5.74, 6) is 0.904. The molecule has 4 nitrogen and oxygen atoms in total. The topological polar surface area (TPSA) is 52.6 Å². The number of carbonyl (C=O) groups excluding carboxylic acids is 1. The second-order valence-corrected chi connectivity index (χ2v) is 5.53. The highest BCUT2D eigenvalue weighted by Crippen LogP contribution is 2.24. The first-order chi connectivity index (χ1) is 7.49. The molecule has 0 aromatic rings. The normalized spacial score (nSPS) is 27.3. The Morgan fingerprint density at radius 3 is 2.44 bits per heavy atom. The van der Waals surface area contributed by atoms with Crippen molar-refractivity contribution in [3.8, 4) is 0 Å². The lowest BCUT2D eigenvalue weighted by Gasteiger charge is -2.39. The standard InChI is InChI=1S/C12H22N2O2/c1-9(10-7-13-8-10)11(15)14-5-3-12(2,16)4-6-14/h9-10,13,16H,3-8H2,1-2H3. The Morgan fingerprint density at radius 1 is 1.44 bits per heavy atom. The Balaban J connectivity index is 1.86. The largest absolute Gasteiger partial charge is 0.390 e. The van der Waals surface area contributed by atoms with Crippen LogP contribution in [0.15, 0.2) is 0 Å². The lowest BCUT2D eigenvalue weighted by atomic mass is 9.86. The van der Waals surface area contributed by atoms with Crippen molar-refractivity contribution in [2.45, 2.75) is 32.3 Å². The van der Waals surface area contributed by atoms with Crippen LogP contribution in [0.2, 0.25) is 0 Å². The van der Waals surface area contributed by atoms with Crippen molar-refractivity contribution < 1.29 is 9.90 Å². The molecular weight excluding hydrogens is 204 g/mol. The van der Waals surface area contributed by atoms with Crippen LogP contribution in [0.3, 0.4) is 0 Å². The van der Waals surface area contributed by atoms with Crippen LogP contribution < -0.4 is 5.32 Å². The minimum absolute atomic E-state index is 0.129. The van der Waals surface area contributed by atoms with Crippen molar-refractivity contribution in [3.05, 3.63) is 0 Å². The zero-order valence-electron chi connectivity index (χ0n) is 10.2. The molecule has 2 aliphatic rings. The van der Waals surface area contributed by atoms with Crippen LogP contribution in [0.4, 0.5) is 0 Å². The van der Waals surface area contributed by atoms with Crippen LogP contribution in [0.5, 0.6) is 0 Å². The lowest BCUT2D eigenvalue weighted by molar-refractivity contribution is -0.141. The fourth-order valence-corrected chi connectivity index (χ4v) is 2.36. The Kier molecular flexibility index (Phi) is 3.22. The number of likely N-dealkylation sites (tertiary alicyclic amines) is 1. The van der Waals surface area contributed by atoms with E-state index in [0.29, 0.717) is 31.8 Å². The zero-order chi connectivity index (χ0) is 11.8. The van der Waals surface area contributed by atoms with E-state index in [4.69, 9.17) is 0 Å². The van der Waals surface area contributed by atoms with Gasteiger partial charge in [0.2, 0.25) is 5.91 Å². The highest BCUT2D eigenvalue weighted by molar-refractivity contribution is 5.79. The summed E-state index contributed by atoms with van der Waals surface area (Å²) in [5, 5.41) is 13.0. The minimum Gasteiger partial charge on any atom is -0.390 e. The van der Waals surface area contributed by atoms with E-state index < -0.39 is 5.60 Å². The van der Waals surface area contributed by atoms with E-state index in [1.54, 1.807) is 0 Å². The summed E-state index contributed by atoms with van der Waals surface area (Å²) in [6.07, 6.45) is 1.41. The average Bonchev–Trinajstić information content (AvgIpc) is 2.14. The van der Waals surface area contributed by atoms with Gasteiger partial charge >= 0.3 is 0 Å². The maximum absolute atomic E-state index is 12.2. The third-order valence-electron chi connectivity index (χ3n) is 4.06. The summed E-state index contributed by atoms with van der Waals surface area (Å²) in [7, 11) is 0. The average molecular weight is 226 g/mol. The number of nitrogens with zero attached hydrogens (tertiary/aromatic N) is 1. The fraction of sp³-hybridized carbons (Fsp3) is 0.917. The van der Waals surface area contributed by atoms with Gasteiger partial charge in [-0.1, -0.05) is 6.92 Å². The number of nitrogens with one attached hydrogen (secondary N) is 1. The maximum atomic E-state index is 12.2. The number of hydrogen-bond acceptors (Lipinski definition) is 3. The van der Waals surface area contributed by atoms with Gasteiger partial charge in [-0.3, -0.25) is 4.79 Å². The van der Waals surface area contributed by atoms with Gasteiger partial charge in [-0.2, -0.15) is 0 Å². The minimum atomic E-state index is -0.571. The van der Waals surface area contributed by atoms with E-state index in [-0.39, 0.29) is 11.8 Å². The molecule has 1 atom stereocenters. The molecule has 2 heterocycles. The number of amides is 1. The summed E-state index contributed by atoms with van der Waals surface area (Å²) in [6.45, 7) is 7.23. The molecule has 0 aromatic carbocycles. The molecule has 1 unspecified atom stereocenters. The molecule has 0 bridgehead atoms. The maximum Gasteiger partial charge on any atom is 0.225 e. The van der Waals surface area contributed by atoms with Gasteiger partial charge in [0.05, 0.1) is 5.60 Å². The van der Waals surface area contributed by atoms with E-state index >= 15 is 0 Å². The number of aliphatic hydroxyl groups is 1. The molecule has 0 saturated carbocycles. The van der Waals surface area contributed by atoms with Crippen molar-refractivity contribution in [1.29, 1.82) is 0 Å². The van der Waals surface area contributed by atoms with Crippen molar-refractivity contribution in [2.24, 2.45) is 11.8 Å². The zero-order valence-corrected chi connectivity index (χ0v) is 10.2. The molecule has 2 rings (SSSR count). The van der Waals surface area contributed by atoms with Crippen molar-refractivity contribution in [3.63, 3.8) is 0 Å². The second kappa shape index (κ2) is 4.34. The molecule has 2 aliphatic heterocycles. The molecule has 0 aliphatic carbocycles. The van der Waals surface area contributed by atoms with E-state index in [0.717, 1.165) is 13.1 Å². The number of hydrogen-bond donors (Lipinski definition) is 2. The molecule has 0 spiro atoms. The van der Waals surface area contributed by atoms with Crippen LogP contribution in [-0.4, -0.2) is 47.7 Å². The molecule has 92 valence electrons. The molecule has 2 N–H and O–H groups in total. The van der Waals surface area contributed by atoms with Crippen molar-refractivity contribution in [2.75, 3.05) is 26.2 Å². The molecular formula is C12H22N2O2. The third-order valence-corrected chi connectivity index (χ3v) is 4.06. The second-order valence-electron chi connectivity index (χ2n) is 5.53. The predicted molar refractivity (Wildman–Crippen MR) is 62.0 cm³/mol. The van der Waals surface area contributed by atoms with Crippen LogP contribution in [0.1, 0.15) is 26.7 Å². The van der Waals surface area contributed by atoms with Gasteiger partial charge < -0.3 is 15.3 Å². The summed E-state index contributed by atoms with van der Waals surface area (Å²) in [5.41, 5.74) is -0.571. The third kappa shape index (κ3) is 2.38. The fourth-order valence-electron chi connectivity index (χ4n) is 2.36. The Hall–Kier alpha value is -0.610. The van der Waals surface area contributed by atoms with Gasteiger partial charge in [0.25, 0.3) is 0 Å². The molecule has 16 heavy (non-hydrogen) atoms.